The van der Waals surface area contributed by atoms with E-state index in [-0.39, 0.29) is 6.42 Å². The highest BCUT2D eigenvalue weighted by Gasteiger charge is 2.55. The number of methoxy groups -OCH3 is 2. The minimum atomic E-state index is -1.61. The monoisotopic (exact) mass is 346 g/mol. The molecule has 0 amide bonds. The SMILES string of the molecule is COC(=O)[C@@H]1C(=O)C[C@](C)(O)[C@H](C(=O)OC)[C@H]1/C=C\c1ccccc1. The van der Waals surface area contributed by atoms with Crippen molar-refractivity contribution in [3.8, 4) is 0 Å². The Labute approximate surface area is 146 Å². The van der Waals surface area contributed by atoms with E-state index in [1.807, 2.05) is 30.3 Å². The second-order valence-electron chi connectivity index (χ2n) is 6.35. The van der Waals surface area contributed by atoms with Crippen molar-refractivity contribution < 1.29 is 29.0 Å². The Balaban J connectivity index is 2.49. The molecule has 6 heteroatoms. The minimum Gasteiger partial charge on any atom is -0.469 e. The van der Waals surface area contributed by atoms with Gasteiger partial charge in [-0.3, -0.25) is 14.4 Å². The van der Waals surface area contributed by atoms with Crippen LogP contribution in [-0.4, -0.2) is 42.6 Å². The molecule has 1 saturated carbocycles. The molecule has 0 heterocycles. The number of allylic oxidation sites excluding steroid dienone is 1. The average Bonchev–Trinajstić information content (AvgIpc) is 2.58. The van der Waals surface area contributed by atoms with Crippen LogP contribution in [0.4, 0.5) is 0 Å². The molecule has 1 aromatic carbocycles. The van der Waals surface area contributed by atoms with Gasteiger partial charge in [0, 0.05) is 12.3 Å². The molecule has 0 spiro atoms. The molecule has 0 aliphatic heterocycles. The first-order chi connectivity index (χ1) is 11.8. The van der Waals surface area contributed by atoms with Gasteiger partial charge in [-0.25, -0.2) is 0 Å². The second kappa shape index (κ2) is 7.61. The lowest BCUT2D eigenvalue weighted by Gasteiger charge is -2.42. The Morgan fingerprint density at radius 3 is 2.32 bits per heavy atom. The van der Waals surface area contributed by atoms with Crippen molar-refractivity contribution in [1.29, 1.82) is 0 Å². The Kier molecular flexibility index (Phi) is 5.74. The predicted molar refractivity (Wildman–Crippen MR) is 90.2 cm³/mol. The van der Waals surface area contributed by atoms with E-state index in [0.29, 0.717) is 0 Å². The molecule has 6 nitrogen and oxygen atoms in total. The largest absolute Gasteiger partial charge is 0.469 e. The number of esters is 2. The zero-order valence-electron chi connectivity index (χ0n) is 14.5. The lowest BCUT2D eigenvalue weighted by atomic mass is 9.63. The molecule has 0 aromatic heterocycles. The maximum atomic E-state index is 12.4. The van der Waals surface area contributed by atoms with E-state index in [1.54, 1.807) is 12.2 Å². The first kappa shape index (κ1) is 18.9. The fraction of sp³-hybridized carbons (Fsp3) is 0.421. The third kappa shape index (κ3) is 3.96. The molecule has 0 saturated heterocycles. The van der Waals surface area contributed by atoms with Gasteiger partial charge in [-0.05, 0) is 12.5 Å². The van der Waals surface area contributed by atoms with Gasteiger partial charge in [0.15, 0.2) is 5.78 Å². The zero-order valence-corrected chi connectivity index (χ0v) is 14.5. The minimum absolute atomic E-state index is 0.317. The van der Waals surface area contributed by atoms with Crippen molar-refractivity contribution in [1.82, 2.24) is 0 Å². The Hall–Kier alpha value is -2.47. The van der Waals surface area contributed by atoms with Crippen molar-refractivity contribution in [2.24, 2.45) is 17.8 Å². The van der Waals surface area contributed by atoms with Gasteiger partial charge in [0.1, 0.15) is 5.92 Å². The topological polar surface area (TPSA) is 89.9 Å². The standard InChI is InChI=1S/C19H22O6/c1-19(23)11-14(20)15(17(21)24-2)13(16(19)18(22)25-3)10-9-12-7-5-4-6-8-12/h4-10,13,15-16,23H,11H2,1-3H3/b10-9-/t13-,15-,16-,19-/m0/s1. The molecule has 1 aliphatic rings. The summed E-state index contributed by atoms with van der Waals surface area (Å²) in [6.45, 7) is 1.41. The lowest BCUT2D eigenvalue weighted by molar-refractivity contribution is -0.172. The second-order valence-corrected chi connectivity index (χ2v) is 6.35. The van der Waals surface area contributed by atoms with Crippen LogP contribution < -0.4 is 0 Å². The summed E-state index contributed by atoms with van der Waals surface area (Å²) in [5.74, 6) is -4.93. The van der Waals surface area contributed by atoms with Crippen LogP contribution in [0, 0.1) is 17.8 Å². The van der Waals surface area contributed by atoms with Gasteiger partial charge in [-0.15, -0.1) is 0 Å². The van der Waals surface area contributed by atoms with Crippen LogP contribution in [-0.2, 0) is 23.9 Å². The molecule has 2 rings (SSSR count). The van der Waals surface area contributed by atoms with Gasteiger partial charge in [0.2, 0.25) is 0 Å². The molecule has 0 bridgehead atoms. The van der Waals surface area contributed by atoms with Crippen molar-refractivity contribution in [3.63, 3.8) is 0 Å². The average molecular weight is 346 g/mol. The maximum absolute atomic E-state index is 12.4. The van der Waals surface area contributed by atoms with Crippen LogP contribution in [0.5, 0.6) is 0 Å². The van der Waals surface area contributed by atoms with Crippen molar-refractivity contribution in [3.05, 3.63) is 42.0 Å². The molecule has 25 heavy (non-hydrogen) atoms. The maximum Gasteiger partial charge on any atom is 0.316 e. The normalized spacial score (nSPS) is 29.4. The van der Waals surface area contributed by atoms with Crippen molar-refractivity contribution >= 4 is 23.8 Å². The summed E-state index contributed by atoms with van der Waals surface area (Å²) in [6.07, 6.45) is 3.00. The van der Waals surface area contributed by atoms with Gasteiger partial charge in [0.05, 0.1) is 25.7 Å². The highest BCUT2D eigenvalue weighted by Crippen LogP contribution is 2.42. The summed E-state index contributed by atoms with van der Waals surface area (Å²) in [6, 6.07) is 9.24. The molecule has 1 fully saturated rings. The van der Waals surface area contributed by atoms with E-state index in [1.165, 1.54) is 21.1 Å². The zero-order chi connectivity index (χ0) is 18.6. The molecule has 134 valence electrons. The fourth-order valence-electron chi connectivity index (χ4n) is 3.36. The summed E-state index contributed by atoms with van der Waals surface area (Å²) in [5, 5.41) is 10.6. The molecule has 0 radical (unpaired) electrons. The smallest absolute Gasteiger partial charge is 0.316 e. The van der Waals surface area contributed by atoms with Crippen LogP contribution in [0.3, 0.4) is 0 Å². The van der Waals surface area contributed by atoms with Crippen molar-refractivity contribution in [2.75, 3.05) is 14.2 Å². The molecule has 1 aromatic rings. The summed E-state index contributed by atoms with van der Waals surface area (Å²) >= 11 is 0. The number of hydrogen-bond acceptors (Lipinski definition) is 6. The van der Waals surface area contributed by atoms with Crippen LogP contribution in [0.15, 0.2) is 36.4 Å². The van der Waals surface area contributed by atoms with Crippen LogP contribution in [0.2, 0.25) is 0 Å². The van der Waals surface area contributed by atoms with Crippen LogP contribution in [0.25, 0.3) is 6.08 Å². The number of aliphatic hydroxyl groups is 1. The summed E-state index contributed by atoms with van der Waals surface area (Å²) in [7, 11) is 2.40. The fourth-order valence-corrected chi connectivity index (χ4v) is 3.36. The van der Waals surface area contributed by atoms with Crippen LogP contribution in [0.1, 0.15) is 18.9 Å². The number of ether oxygens (including phenoxy) is 2. The number of carbonyl (C=O) groups excluding carboxylic acids is 3. The number of ketones is 1. The third-order valence-electron chi connectivity index (χ3n) is 4.54. The number of carbonyl (C=O) groups is 3. The van der Waals surface area contributed by atoms with E-state index in [9.17, 15) is 19.5 Å². The van der Waals surface area contributed by atoms with Gasteiger partial charge >= 0.3 is 11.9 Å². The van der Waals surface area contributed by atoms with E-state index in [0.717, 1.165) is 5.56 Å². The molecular formula is C19H22O6. The summed E-state index contributed by atoms with van der Waals surface area (Å²) in [5.41, 5.74) is -0.771. The Morgan fingerprint density at radius 2 is 1.76 bits per heavy atom. The quantitative estimate of drug-likeness (QED) is 0.658. The van der Waals surface area contributed by atoms with E-state index in [4.69, 9.17) is 9.47 Å². The van der Waals surface area contributed by atoms with E-state index >= 15 is 0 Å². The first-order valence-electron chi connectivity index (χ1n) is 7.96. The first-order valence-corrected chi connectivity index (χ1v) is 7.96. The molecular weight excluding hydrogens is 324 g/mol. The number of Topliss-reactive ketones (excluding diaryl/α,β-unsaturated/α-hetero) is 1. The van der Waals surface area contributed by atoms with Crippen molar-refractivity contribution in [2.45, 2.75) is 18.9 Å². The number of benzene rings is 1. The van der Waals surface area contributed by atoms with Crippen LogP contribution >= 0.6 is 0 Å². The van der Waals surface area contributed by atoms with Gasteiger partial charge in [-0.2, -0.15) is 0 Å². The Bertz CT molecular complexity index is 676. The Morgan fingerprint density at radius 1 is 1.16 bits per heavy atom. The van der Waals surface area contributed by atoms with E-state index in [2.05, 4.69) is 0 Å². The third-order valence-corrected chi connectivity index (χ3v) is 4.54. The van der Waals surface area contributed by atoms with Gasteiger partial charge in [-0.1, -0.05) is 42.5 Å². The highest BCUT2D eigenvalue weighted by atomic mass is 16.5. The predicted octanol–water partition coefficient (Wildman–Crippen LogP) is 1.62. The lowest BCUT2D eigenvalue weighted by Crippen LogP contribution is -2.55. The molecule has 4 atom stereocenters. The number of rotatable bonds is 4. The molecule has 0 unspecified atom stereocenters. The molecule has 1 aliphatic carbocycles. The summed E-state index contributed by atoms with van der Waals surface area (Å²) < 4.78 is 9.55. The van der Waals surface area contributed by atoms with Gasteiger partial charge < -0.3 is 14.6 Å². The number of hydrogen-bond donors (Lipinski definition) is 1. The van der Waals surface area contributed by atoms with E-state index < -0.39 is 41.1 Å². The van der Waals surface area contributed by atoms with Gasteiger partial charge in [0.25, 0.3) is 0 Å². The molecule has 1 N–H and O–H groups in total. The summed E-state index contributed by atoms with van der Waals surface area (Å²) in [4.78, 5) is 36.9. The highest BCUT2D eigenvalue weighted by molar-refractivity contribution is 6.02.